The zero-order valence-corrected chi connectivity index (χ0v) is 14.4. The van der Waals surface area contributed by atoms with E-state index < -0.39 is 0 Å². The molecule has 2 saturated heterocycles. The van der Waals surface area contributed by atoms with E-state index >= 15 is 0 Å². The molecule has 0 radical (unpaired) electrons. The molecule has 4 rings (SSSR count). The highest BCUT2D eigenvalue weighted by Gasteiger charge is 2.34. The quantitative estimate of drug-likeness (QED) is 0.842. The van der Waals surface area contributed by atoms with Gasteiger partial charge in [0.1, 0.15) is 6.54 Å². The summed E-state index contributed by atoms with van der Waals surface area (Å²) in [7, 11) is 0. The van der Waals surface area contributed by atoms with Gasteiger partial charge in [0.25, 0.3) is 0 Å². The van der Waals surface area contributed by atoms with E-state index in [0.29, 0.717) is 18.4 Å². The van der Waals surface area contributed by atoms with Gasteiger partial charge >= 0.3 is 0 Å². The van der Waals surface area contributed by atoms with Gasteiger partial charge in [-0.3, -0.25) is 4.79 Å². The number of anilines is 1. The maximum absolute atomic E-state index is 12.4. The highest BCUT2D eigenvalue weighted by molar-refractivity contribution is 5.76. The molecule has 0 spiro atoms. The number of hydrogen-bond donors (Lipinski definition) is 0. The lowest BCUT2D eigenvalue weighted by Gasteiger charge is -2.34. The van der Waals surface area contributed by atoms with Crippen molar-refractivity contribution < 1.29 is 4.79 Å². The fourth-order valence-corrected chi connectivity index (χ4v) is 4.06. The molecule has 0 aliphatic carbocycles. The molecule has 1 amide bonds. The molecule has 2 aliphatic rings. The first-order valence-electron chi connectivity index (χ1n) is 9.05. The van der Waals surface area contributed by atoms with Crippen LogP contribution in [0.4, 0.5) is 5.95 Å². The van der Waals surface area contributed by atoms with Gasteiger partial charge in [0.15, 0.2) is 0 Å². The summed E-state index contributed by atoms with van der Waals surface area (Å²) in [4.78, 5) is 29.4. The lowest BCUT2D eigenvalue weighted by Crippen LogP contribution is -2.38. The molecule has 1 atom stereocenters. The molecule has 0 N–H and O–H groups in total. The first kappa shape index (κ1) is 16.1. The molecule has 7 nitrogen and oxygen atoms in total. The minimum Gasteiger partial charge on any atom is -0.341 e. The summed E-state index contributed by atoms with van der Waals surface area (Å²) in [6.07, 6.45) is 12.3. The van der Waals surface area contributed by atoms with Crippen LogP contribution in [0.15, 0.2) is 37.2 Å². The standard InChI is InChI=1S/C18H24N6O/c25-17(13-22-11-7-19-14-22)24-10-4-16(12-24)15-2-8-23(9-3-15)18-20-5-1-6-21-18/h1,5-7,11,14-16H,2-4,8-10,12-13H2/t16-/m1/s1. The largest absolute Gasteiger partial charge is 0.341 e. The lowest BCUT2D eigenvalue weighted by molar-refractivity contribution is -0.131. The number of amides is 1. The van der Waals surface area contributed by atoms with Crippen molar-refractivity contribution in [1.29, 1.82) is 0 Å². The van der Waals surface area contributed by atoms with Gasteiger partial charge in [-0.25, -0.2) is 15.0 Å². The van der Waals surface area contributed by atoms with Crippen LogP contribution in [0.1, 0.15) is 19.3 Å². The Morgan fingerprint density at radius 1 is 1.04 bits per heavy atom. The SMILES string of the molecule is O=C(Cn1ccnc1)N1CC[C@@H](C2CCN(c3ncccn3)CC2)C1. The third-order valence-corrected chi connectivity index (χ3v) is 5.50. The van der Waals surface area contributed by atoms with Crippen molar-refractivity contribution in [1.82, 2.24) is 24.4 Å². The Labute approximate surface area is 147 Å². The summed E-state index contributed by atoms with van der Waals surface area (Å²) < 4.78 is 1.84. The van der Waals surface area contributed by atoms with Gasteiger partial charge < -0.3 is 14.4 Å². The van der Waals surface area contributed by atoms with E-state index in [1.54, 1.807) is 24.9 Å². The summed E-state index contributed by atoms with van der Waals surface area (Å²) in [5.74, 6) is 2.37. The van der Waals surface area contributed by atoms with Crippen molar-refractivity contribution in [3.8, 4) is 0 Å². The zero-order valence-electron chi connectivity index (χ0n) is 14.4. The number of likely N-dealkylation sites (tertiary alicyclic amines) is 1. The van der Waals surface area contributed by atoms with E-state index in [1.165, 1.54) is 0 Å². The van der Waals surface area contributed by atoms with Crippen LogP contribution >= 0.6 is 0 Å². The molecule has 0 unspecified atom stereocenters. The van der Waals surface area contributed by atoms with E-state index in [9.17, 15) is 4.79 Å². The molecular formula is C18H24N6O. The number of hydrogen-bond acceptors (Lipinski definition) is 5. The van der Waals surface area contributed by atoms with Crippen LogP contribution < -0.4 is 4.90 Å². The number of carbonyl (C=O) groups is 1. The molecule has 25 heavy (non-hydrogen) atoms. The maximum Gasteiger partial charge on any atom is 0.242 e. The Morgan fingerprint density at radius 3 is 2.52 bits per heavy atom. The van der Waals surface area contributed by atoms with Crippen molar-refractivity contribution in [2.75, 3.05) is 31.1 Å². The highest BCUT2D eigenvalue weighted by atomic mass is 16.2. The maximum atomic E-state index is 12.4. The fourth-order valence-electron chi connectivity index (χ4n) is 4.06. The zero-order chi connectivity index (χ0) is 17.1. The van der Waals surface area contributed by atoms with Crippen LogP contribution in [-0.2, 0) is 11.3 Å². The Morgan fingerprint density at radius 2 is 1.80 bits per heavy atom. The Bertz CT molecular complexity index is 681. The molecule has 2 fully saturated rings. The minimum atomic E-state index is 0.204. The molecular weight excluding hydrogens is 316 g/mol. The second-order valence-corrected chi connectivity index (χ2v) is 7.00. The van der Waals surface area contributed by atoms with Crippen molar-refractivity contribution in [2.24, 2.45) is 11.8 Å². The second-order valence-electron chi connectivity index (χ2n) is 7.00. The molecule has 0 bridgehead atoms. The summed E-state index contributed by atoms with van der Waals surface area (Å²) in [6, 6.07) is 1.85. The number of imidazole rings is 1. The van der Waals surface area contributed by atoms with Gasteiger partial charge in [0.2, 0.25) is 11.9 Å². The van der Waals surface area contributed by atoms with Crippen molar-refractivity contribution in [2.45, 2.75) is 25.8 Å². The van der Waals surface area contributed by atoms with E-state index in [-0.39, 0.29) is 5.91 Å². The molecule has 2 aliphatic heterocycles. The Balaban J connectivity index is 1.27. The number of carbonyl (C=O) groups excluding carboxylic acids is 1. The van der Waals surface area contributed by atoms with Gasteiger partial charge in [-0.1, -0.05) is 0 Å². The van der Waals surface area contributed by atoms with E-state index in [4.69, 9.17) is 0 Å². The normalized spacial score (nSPS) is 21.7. The van der Waals surface area contributed by atoms with Gasteiger partial charge in [0.05, 0.1) is 6.33 Å². The minimum absolute atomic E-state index is 0.204. The second kappa shape index (κ2) is 7.21. The number of rotatable bonds is 4. The van der Waals surface area contributed by atoms with Crippen molar-refractivity contribution in [3.63, 3.8) is 0 Å². The number of aromatic nitrogens is 4. The average Bonchev–Trinajstić information content (AvgIpc) is 3.34. The topological polar surface area (TPSA) is 67.2 Å². The summed E-state index contributed by atoms with van der Waals surface area (Å²) in [5, 5.41) is 0. The average molecular weight is 340 g/mol. The van der Waals surface area contributed by atoms with Crippen LogP contribution in [0, 0.1) is 11.8 Å². The van der Waals surface area contributed by atoms with Crippen LogP contribution in [0.25, 0.3) is 0 Å². The van der Waals surface area contributed by atoms with Crippen LogP contribution in [0.2, 0.25) is 0 Å². The summed E-state index contributed by atoms with van der Waals surface area (Å²) in [6.45, 7) is 4.21. The Kier molecular flexibility index (Phi) is 4.63. The van der Waals surface area contributed by atoms with Gasteiger partial charge in [-0.15, -0.1) is 0 Å². The van der Waals surface area contributed by atoms with Crippen molar-refractivity contribution in [3.05, 3.63) is 37.2 Å². The van der Waals surface area contributed by atoms with Crippen LogP contribution in [0.3, 0.4) is 0 Å². The summed E-state index contributed by atoms with van der Waals surface area (Å²) >= 11 is 0. The monoisotopic (exact) mass is 340 g/mol. The molecule has 2 aromatic rings. The smallest absolute Gasteiger partial charge is 0.242 e. The molecule has 132 valence electrons. The van der Waals surface area contributed by atoms with Gasteiger partial charge in [-0.2, -0.15) is 0 Å². The predicted molar refractivity (Wildman–Crippen MR) is 93.9 cm³/mol. The highest BCUT2D eigenvalue weighted by Crippen LogP contribution is 2.32. The number of nitrogens with zero attached hydrogens (tertiary/aromatic N) is 6. The van der Waals surface area contributed by atoms with Crippen LogP contribution in [-0.4, -0.2) is 56.5 Å². The Hall–Kier alpha value is -2.44. The fraction of sp³-hybridized carbons (Fsp3) is 0.556. The van der Waals surface area contributed by atoms with Gasteiger partial charge in [0, 0.05) is 51.0 Å². The number of piperidine rings is 1. The lowest BCUT2D eigenvalue weighted by atomic mass is 9.84. The third kappa shape index (κ3) is 3.65. The van der Waals surface area contributed by atoms with E-state index in [0.717, 1.165) is 51.4 Å². The van der Waals surface area contributed by atoms with E-state index in [2.05, 4.69) is 19.9 Å². The molecule has 0 aromatic carbocycles. The van der Waals surface area contributed by atoms with Crippen molar-refractivity contribution >= 4 is 11.9 Å². The summed E-state index contributed by atoms with van der Waals surface area (Å²) in [5.41, 5.74) is 0. The molecule has 4 heterocycles. The first-order valence-corrected chi connectivity index (χ1v) is 9.05. The third-order valence-electron chi connectivity index (χ3n) is 5.50. The molecule has 0 saturated carbocycles. The molecule has 7 heteroatoms. The predicted octanol–water partition coefficient (Wildman–Crippen LogP) is 1.44. The van der Waals surface area contributed by atoms with E-state index in [1.807, 2.05) is 21.7 Å². The van der Waals surface area contributed by atoms with Gasteiger partial charge in [-0.05, 0) is 37.2 Å². The molecule has 2 aromatic heterocycles. The first-order chi connectivity index (χ1) is 12.3. The van der Waals surface area contributed by atoms with Crippen LogP contribution in [0.5, 0.6) is 0 Å².